The minimum atomic E-state index is -0.0932. The second-order valence-electron chi connectivity index (χ2n) is 5.39. The minimum absolute atomic E-state index is 0.0501. The van der Waals surface area contributed by atoms with E-state index in [2.05, 4.69) is 46.4 Å². The third-order valence-electron chi connectivity index (χ3n) is 3.42. The molecule has 2 aromatic carbocycles. The zero-order valence-electron chi connectivity index (χ0n) is 13.0. The Morgan fingerprint density at radius 3 is 2.50 bits per heavy atom. The molecule has 0 fully saturated rings. The first-order valence-electron chi connectivity index (χ1n) is 7.20. The number of aryl methyl sites for hydroxylation is 2. The SMILES string of the molecule is Cc1ccc(NC(=O)C(C)SCc2ccc(Br)cc2)c(C)c1. The van der Waals surface area contributed by atoms with E-state index < -0.39 is 0 Å². The van der Waals surface area contributed by atoms with E-state index in [0.717, 1.165) is 21.5 Å². The summed E-state index contributed by atoms with van der Waals surface area (Å²) < 4.78 is 1.07. The quantitative estimate of drug-likeness (QED) is 0.762. The number of amides is 1. The summed E-state index contributed by atoms with van der Waals surface area (Å²) >= 11 is 5.07. The Bertz CT molecular complexity index is 655. The molecule has 1 amide bonds. The number of nitrogens with one attached hydrogen (secondary N) is 1. The molecule has 1 unspecified atom stereocenters. The van der Waals surface area contributed by atoms with Crippen LogP contribution in [0.4, 0.5) is 5.69 Å². The van der Waals surface area contributed by atoms with Crippen molar-refractivity contribution in [2.45, 2.75) is 31.8 Å². The maximum Gasteiger partial charge on any atom is 0.237 e. The normalized spacial score (nSPS) is 12.0. The lowest BCUT2D eigenvalue weighted by Gasteiger charge is -2.14. The molecule has 0 radical (unpaired) electrons. The van der Waals surface area contributed by atoms with Gasteiger partial charge >= 0.3 is 0 Å². The number of rotatable bonds is 5. The van der Waals surface area contributed by atoms with Gasteiger partial charge in [0.1, 0.15) is 0 Å². The topological polar surface area (TPSA) is 29.1 Å². The largest absolute Gasteiger partial charge is 0.325 e. The first-order valence-corrected chi connectivity index (χ1v) is 9.04. The summed E-state index contributed by atoms with van der Waals surface area (Å²) in [5.41, 5.74) is 4.41. The number of carbonyl (C=O) groups excluding carboxylic acids is 1. The monoisotopic (exact) mass is 377 g/mol. The smallest absolute Gasteiger partial charge is 0.237 e. The van der Waals surface area contributed by atoms with Crippen LogP contribution in [0.25, 0.3) is 0 Å². The molecule has 0 aromatic heterocycles. The summed E-state index contributed by atoms with van der Waals surface area (Å²) in [6, 6.07) is 14.3. The minimum Gasteiger partial charge on any atom is -0.325 e. The summed E-state index contributed by atoms with van der Waals surface area (Å²) in [5, 5.41) is 2.92. The molecule has 0 bridgehead atoms. The fourth-order valence-corrected chi connectivity index (χ4v) is 3.18. The van der Waals surface area contributed by atoms with E-state index in [1.807, 2.05) is 38.1 Å². The molecule has 2 rings (SSSR count). The van der Waals surface area contributed by atoms with Crippen molar-refractivity contribution in [3.63, 3.8) is 0 Å². The predicted octanol–water partition coefficient (Wildman–Crippen LogP) is 5.33. The molecule has 1 N–H and O–H groups in total. The van der Waals surface area contributed by atoms with Gasteiger partial charge in [0.2, 0.25) is 5.91 Å². The highest BCUT2D eigenvalue weighted by atomic mass is 79.9. The van der Waals surface area contributed by atoms with E-state index in [0.29, 0.717) is 0 Å². The molecule has 0 heterocycles. The van der Waals surface area contributed by atoms with Gasteiger partial charge in [0.15, 0.2) is 0 Å². The fraction of sp³-hybridized carbons (Fsp3) is 0.278. The van der Waals surface area contributed by atoms with Gasteiger partial charge in [-0.2, -0.15) is 0 Å². The molecular formula is C18H20BrNOS. The lowest BCUT2D eigenvalue weighted by Crippen LogP contribution is -2.23. The first kappa shape index (κ1) is 17.1. The Morgan fingerprint density at radius 2 is 1.86 bits per heavy atom. The average molecular weight is 378 g/mol. The maximum absolute atomic E-state index is 12.3. The number of hydrogen-bond acceptors (Lipinski definition) is 2. The number of thioether (sulfide) groups is 1. The molecule has 22 heavy (non-hydrogen) atoms. The van der Waals surface area contributed by atoms with Gasteiger partial charge < -0.3 is 5.32 Å². The van der Waals surface area contributed by atoms with Crippen molar-refractivity contribution >= 4 is 39.3 Å². The summed E-state index contributed by atoms with van der Waals surface area (Å²) in [6.07, 6.45) is 0. The highest BCUT2D eigenvalue weighted by Gasteiger charge is 2.14. The van der Waals surface area contributed by atoms with Crippen LogP contribution in [0.5, 0.6) is 0 Å². The molecule has 0 aliphatic rings. The molecular weight excluding hydrogens is 358 g/mol. The molecule has 4 heteroatoms. The zero-order chi connectivity index (χ0) is 16.1. The van der Waals surface area contributed by atoms with Crippen LogP contribution in [0, 0.1) is 13.8 Å². The molecule has 2 aromatic rings. The van der Waals surface area contributed by atoms with Crippen molar-refractivity contribution in [3.8, 4) is 0 Å². The molecule has 0 aliphatic carbocycles. The van der Waals surface area contributed by atoms with E-state index in [9.17, 15) is 4.79 Å². The molecule has 0 aliphatic heterocycles. The summed E-state index contributed by atoms with van der Waals surface area (Å²) in [7, 11) is 0. The van der Waals surface area contributed by atoms with E-state index >= 15 is 0 Å². The summed E-state index contributed by atoms with van der Waals surface area (Å²) in [5.74, 6) is 0.878. The standard InChI is InChI=1S/C18H20BrNOS/c1-12-4-9-17(13(2)10-12)20-18(21)14(3)22-11-15-5-7-16(19)8-6-15/h4-10,14H,11H2,1-3H3,(H,20,21). The van der Waals surface area contributed by atoms with Gasteiger partial charge in [-0.25, -0.2) is 0 Å². The zero-order valence-corrected chi connectivity index (χ0v) is 15.4. The highest BCUT2D eigenvalue weighted by molar-refractivity contribution is 9.10. The second-order valence-corrected chi connectivity index (χ2v) is 7.63. The summed E-state index contributed by atoms with van der Waals surface area (Å²) in [4.78, 5) is 12.3. The molecule has 2 nitrogen and oxygen atoms in total. The van der Waals surface area contributed by atoms with Gasteiger partial charge in [0.05, 0.1) is 5.25 Å². The van der Waals surface area contributed by atoms with Gasteiger partial charge in [-0.1, -0.05) is 45.8 Å². The van der Waals surface area contributed by atoms with Gasteiger partial charge in [-0.15, -0.1) is 11.8 Å². The Labute approximate surface area is 144 Å². The third-order valence-corrected chi connectivity index (χ3v) is 5.17. The van der Waals surface area contributed by atoms with E-state index in [-0.39, 0.29) is 11.2 Å². The van der Waals surface area contributed by atoms with Gasteiger partial charge in [-0.3, -0.25) is 4.79 Å². The molecule has 116 valence electrons. The van der Waals surface area contributed by atoms with Crippen molar-refractivity contribution in [2.75, 3.05) is 5.32 Å². The highest BCUT2D eigenvalue weighted by Crippen LogP contribution is 2.22. The lowest BCUT2D eigenvalue weighted by atomic mass is 10.1. The van der Waals surface area contributed by atoms with Crippen molar-refractivity contribution < 1.29 is 4.79 Å². The van der Waals surface area contributed by atoms with Gasteiger partial charge in [0.25, 0.3) is 0 Å². The van der Waals surface area contributed by atoms with Crippen LogP contribution in [0.15, 0.2) is 46.9 Å². The van der Waals surface area contributed by atoms with Crippen molar-refractivity contribution in [1.82, 2.24) is 0 Å². The van der Waals surface area contributed by atoms with Crippen LogP contribution in [0.3, 0.4) is 0 Å². The van der Waals surface area contributed by atoms with Crippen molar-refractivity contribution in [2.24, 2.45) is 0 Å². The molecule has 0 saturated carbocycles. The molecule has 0 saturated heterocycles. The van der Waals surface area contributed by atoms with Crippen molar-refractivity contribution in [3.05, 3.63) is 63.6 Å². The third kappa shape index (κ3) is 4.89. The predicted molar refractivity (Wildman–Crippen MR) is 99.4 cm³/mol. The van der Waals surface area contributed by atoms with Crippen LogP contribution < -0.4 is 5.32 Å². The molecule has 0 spiro atoms. The van der Waals surface area contributed by atoms with Crippen LogP contribution >= 0.6 is 27.7 Å². The van der Waals surface area contributed by atoms with E-state index in [1.165, 1.54) is 11.1 Å². The fourth-order valence-electron chi connectivity index (χ4n) is 2.07. The Hall–Kier alpha value is -1.26. The van der Waals surface area contributed by atoms with Gasteiger partial charge in [-0.05, 0) is 50.1 Å². The van der Waals surface area contributed by atoms with E-state index in [1.54, 1.807) is 11.8 Å². The Balaban J connectivity index is 1.90. The Morgan fingerprint density at radius 1 is 1.18 bits per heavy atom. The van der Waals surface area contributed by atoms with Crippen LogP contribution in [0.1, 0.15) is 23.6 Å². The maximum atomic E-state index is 12.3. The number of halogens is 1. The summed E-state index contributed by atoms with van der Waals surface area (Å²) in [6.45, 7) is 6.01. The van der Waals surface area contributed by atoms with Gasteiger partial charge in [0, 0.05) is 15.9 Å². The lowest BCUT2D eigenvalue weighted by molar-refractivity contribution is -0.115. The average Bonchev–Trinajstić information content (AvgIpc) is 2.49. The molecule has 1 atom stereocenters. The number of carbonyl (C=O) groups is 1. The second kappa shape index (κ2) is 7.84. The first-order chi connectivity index (χ1) is 10.5. The Kier molecular flexibility index (Phi) is 6.09. The number of hydrogen-bond donors (Lipinski definition) is 1. The van der Waals surface area contributed by atoms with E-state index in [4.69, 9.17) is 0 Å². The van der Waals surface area contributed by atoms with Crippen LogP contribution in [0.2, 0.25) is 0 Å². The number of anilines is 1. The number of benzene rings is 2. The van der Waals surface area contributed by atoms with Crippen LogP contribution in [-0.2, 0) is 10.5 Å². The van der Waals surface area contributed by atoms with Crippen molar-refractivity contribution in [1.29, 1.82) is 0 Å². The van der Waals surface area contributed by atoms with Crippen LogP contribution in [-0.4, -0.2) is 11.2 Å².